The number of carbonyl (C=O) groups excluding carboxylic acids is 2. The zero-order valence-electron chi connectivity index (χ0n) is 13.2. The van der Waals surface area contributed by atoms with Crippen molar-refractivity contribution in [3.63, 3.8) is 0 Å². The van der Waals surface area contributed by atoms with Gasteiger partial charge in [0.1, 0.15) is 0 Å². The van der Waals surface area contributed by atoms with Crippen LogP contribution in [0.15, 0.2) is 42.6 Å². The van der Waals surface area contributed by atoms with Gasteiger partial charge < -0.3 is 15.3 Å². The molecule has 1 aromatic heterocycles. The number of halogens is 4. The van der Waals surface area contributed by atoms with Crippen molar-refractivity contribution in [2.75, 3.05) is 5.32 Å². The van der Waals surface area contributed by atoms with Gasteiger partial charge in [-0.2, -0.15) is 17.9 Å². The normalized spacial score (nSPS) is 12.3. The summed E-state index contributed by atoms with van der Waals surface area (Å²) in [5.74, 6) is -2.09. The molecule has 0 spiro atoms. The molecular formula is C16H12ClF3N2O4. The highest BCUT2D eigenvalue weighted by atomic mass is 35.5. The van der Waals surface area contributed by atoms with Crippen LogP contribution in [0.5, 0.6) is 0 Å². The summed E-state index contributed by atoms with van der Waals surface area (Å²) in [6.45, 7) is 1.16. The molecule has 10 heteroatoms. The van der Waals surface area contributed by atoms with Gasteiger partial charge in [0.05, 0.1) is 11.3 Å². The smallest absolute Gasteiger partial charge is 0.418 e. The van der Waals surface area contributed by atoms with E-state index in [-0.39, 0.29) is 15.4 Å². The molecule has 0 bridgehead atoms. The van der Waals surface area contributed by atoms with Gasteiger partial charge in [0.25, 0.3) is 5.91 Å². The Hall–Kier alpha value is -2.81. The lowest BCUT2D eigenvalue weighted by molar-refractivity contribution is -0.608. The summed E-state index contributed by atoms with van der Waals surface area (Å²) in [4.78, 5) is 23.9. The standard InChI is InChI=1S/C16H12ClF3N2O4/c1-9(26-15(24)13-4-2-3-7-22(13)25)14(23)21-12-6-5-10(17)8-11(12)16(18,19)20/h2-9H,1H3,(H,21,23)/t9-/m1/s1. The Morgan fingerprint density at radius 1 is 1.27 bits per heavy atom. The number of ether oxygens (including phenoxy) is 1. The number of anilines is 1. The topological polar surface area (TPSA) is 82.3 Å². The molecule has 1 atom stereocenters. The predicted molar refractivity (Wildman–Crippen MR) is 85.4 cm³/mol. The van der Waals surface area contributed by atoms with E-state index in [4.69, 9.17) is 16.3 Å². The van der Waals surface area contributed by atoms with Crippen LogP contribution >= 0.6 is 11.6 Å². The minimum Gasteiger partial charge on any atom is -0.618 e. The molecule has 0 aliphatic carbocycles. The highest BCUT2D eigenvalue weighted by Gasteiger charge is 2.35. The molecule has 26 heavy (non-hydrogen) atoms. The van der Waals surface area contributed by atoms with Crippen LogP contribution in [-0.4, -0.2) is 18.0 Å². The Bertz CT molecular complexity index is 842. The molecular weight excluding hydrogens is 377 g/mol. The molecule has 2 rings (SSSR count). The number of nitrogens with zero attached hydrogens (tertiary/aromatic N) is 1. The van der Waals surface area contributed by atoms with Gasteiger partial charge in [-0.15, -0.1) is 0 Å². The largest absolute Gasteiger partial charge is 0.618 e. The van der Waals surface area contributed by atoms with Crippen molar-refractivity contribution >= 4 is 29.2 Å². The number of hydrogen-bond donors (Lipinski definition) is 1. The van der Waals surface area contributed by atoms with Gasteiger partial charge in [0.15, 0.2) is 12.3 Å². The molecule has 0 saturated carbocycles. The van der Waals surface area contributed by atoms with Crippen LogP contribution in [0.2, 0.25) is 5.02 Å². The Balaban J connectivity index is 2.13. The number of rotatable bonds is 4. The van der Waals surface area contributed by atoms with Crippen molar-refractivity contribution < 1.29 is 32.2 Å². The van der Waals surface area contributed by atoms with E-state index in [1.807, 2.05) is 5.32 Å². The van der Waals surface area contributed by atoms with Gasteiger partial charge in [-0.3, -0.25) is 4.79 Å². The maximum Gasteiger partial charge on any atom is 0.418 e. The molecule has 2 aromatic rings. The molecule has 1 N–H and O–H groups in total. The predicted octanol–water partition coefficient (Wildman–Crippen LogP) is 3.18. The maximum absolute atomic E-state index is 13.0. The second kappa shape index (κ2) is 7.61. The van der Waals surface area contributed by atoms with Gasteiger partial charge in [-0.25, -0.2) is 4.79 Å². The molecule has 0 unspecified atom stereocenters. The molecule has 1 heterocycles. The second-order valence-corrected chi connectivity index (χ2v) is 5.57. The number of nitrogens with one attached hydrogen (secondary N) is 1. The number of alkyl halides is 3. The van der Waals surface area contributed by atoms with Gasteiger partial charge in [-0.05, 0) is 31.2 Å². The number of esters is 1. The van der Waals surface area contributed by atoms with Crippen LogP contribution in [0.4, 0.5) is 18.9 Å². The molecule has 0 aliphatic rings. The lowest BCUT2D eigenvalue weighted by Gasteiger charge is -2.17. The first-order valence-electron chi connectivity index (χ1n) is 7.16. The quantitative estimate of drug-likeness (QED) is 0.495. The van der Waals surface area contributed by atoms with Crippen LogP contribution in [0.3, 0.4) is 0 Å². The summed E-state index contributed by atoms with van der Waals surface area (Å²) < 4.78 is 44.1. The van der Waals surface area contributed by atoms with E-state index in [2.05, 4.69) is 0 Å². The molecule has 0 saturated heterocycles. The molecule has 138 valence electrons. The third kappa shape index (κ3) is 4.63. The lowest BCUT2D eigenvalue weighted by Crippen LogP contribution is -2.37. The summed E-state index contributed by atoms with van der Waals surface area (Å²) in [6.07, 6.45) is -5.13. The SMILES string of the molecule is C[C@@H](OC(=O)c1cccc[n+]1[O-])C(=O)Nc1ccc(Cl)cc1C(F)(F)F. The number of carbonyl (C=O) groups is 2. The van der Waals surface area contributed by atoms with Crippen molar-refractivity contribution in [1.82, 2.24) is 0 Å². The van der Waals surface area contributed by atoms with Crippen LogP contribution in [0.25, 0.3) is 0 Å². The minimum atomic E-state index is -4.74. The van der Waals surface area contributed by atoms with E-state index in [1.54, 1.807) is 0 Å². The highest BCUT2D eigenvalue weighted by molar-refractivity contribution is 6.30. The van der Waals surface area contributed by atoms with E-state index < -0.39 is 35.4 Å². The first-order valence-corrected chi connectivity index (χ1v) is 7.54. The molecule has 0 radical (unpaired) electrons. The lowest BCUT2D eigenvalue weighted by atomic mass is 10.1. The Morgan fingerprint density at radius 3 is 2.58 bits per heavy atom. The van der Waals surface area contributed by atoms with E-state index in [1.165, 1.54) is 24.3 Å². The maximum atomic E-state index is 13.0. The molecule has 6 nitrogen and oxygen atoms in total. The van der Waals surface area contributed by atoms with Gasteiger partial charge in [0.2, 0.25) is 0 Å². The zero-order valence-corrected chi connectivity index (χ0v) is 14.0. The van der Waals surface area contributed by atoms with E-state index in [9.17, 15) is 28.0 Å². The summed E-state index contributed by atoms with van der Waals surface area (Å²) in [6, 6.07) is 6.81. The van der Waals surface area contributed by atoms with Gasteiger partial charge >= 0.3 is 17.8 Å². The van der Waals surface area contributed by atoms with E-state index in [0.717, 1.165) is 19.2 Å². The second-order valence-electron chi connectivity index (χ2n) is 5.14. The number of aromatic nitrogens is 1. The fourth-order valence-electron chi connectivity index (χ4n) is 1.96. The van der Waals surface area contributed by atoms with Crippen LogP contribution in [0.1, 0.15) is 23.0 Å². The molecule has 1 amide bonds. The van der Waals surface area contributed by atoms with Crippen molar-refractivity contribution in [2.24, 2.45) is 0 Å². The third-order valence-corrected chi connectivity index (χ3v) is 3.47. The number of hydrogen-bond acceptors (Lipinski definition) is 4. The molecule has 0 aliphatic heterocycles. The minimum absolute atomic E-state index is 0.154. The highest BCUT2D eigenvalue weighted by Crippen LogP contribution is 2.36. The Kier molecular flexibility index (Phi) is 5.71. The van der Waals surface area contributed by atoms with Crippen molar-refractivity contribution in [3.8, 4) is 0 Å². The van der Waals surface area contributed by atoms with E-state index in [0.29, 0.717) is 6.07 Å². The van der Waals surface area contributed by atoms with Crippen LogP contribution in [-0.2, 0) is 15.7 Å². The first kappa shape index (κ1) is 19.5. The van der Waals surface area contributed by atoms with Crippen molar-refractivity contribution in [2.45, 2.75) is 19.2 Å². The fourth-order valence-corrected chi connectivity index (χ4v) is 2.13. The average molecular weight is 389 g/mol. The van der Waals surface area contributed by atoms with E-state index >= 15 is 0 Å². The molecule has 0 fully saturated rings. The van der Waals surface area contributed by atoms with Crippen LogP contribution in [0, 0.1) is 5.21 Å². The van der Waals surface area contributed by atoms with Crippen LogP contribution < -0.4 is 10.0 Å². The molecule has 1 aromatic carbocycles. The number of pyridine rings is 1. The van der Waals surface area contributed by atoms with Gasteiger partial charge in [-0.1, -0.05) is 11.6 Å². The third-order valence-electron chi connectivity index (χ3n) is 3.23. The first-order chi connectivity index (χ1) is 12.1. The van der Waals surface area contributed by atoms with Crippen molar-refractivity contribution in [3.05, 3.63) is 64.1 Å². The Morgan fingerprint density at radius 2 is 1.96 bits per heavy atom. The monoisotopic (exact) mass is 388 g/mol. The summed E-state index contributed by atoms with van der Waals surface area (Å²) in [5, 5.41) is 13.3. The zero-order chi connectivity index (χ0) is 19.5. The summed E-state index contributed by atoms with van der Waals surface area (Å²) >= 11 is 5.56. The summed E-state index contributed by atoms with van der Waals surface area (Å²) in [7, 11) is 0. The van der Waals surface area contributed by atoms with Crippen molar-refractivity contribution in [1.29, 1.82) is 0 Å². The summed E-state index contributed by atoms with van der Waals surface area (Å²) in [5.41, 5.74) is -2.04. The average Bonchev–Trinajstić information content (AvgIpc) is 2.55. The fraction of sp³-hybridized carbons (Fsp3) is 0.188. The van der Waals surface area contributed by atoms with Gasteiger partial charge in [0, 0.05) is 17.2 Å². The number of benzene rings is 1. The number of amides is 1. The Labute approximate surface area is 150 Å².